The fraction of sp³-hybridized carbons (Fsp3) is 0.0625. The first-order valence-electron chi connectivity index (χ1n) is 6.88. The summed E-state index contributed by atoms with van der Waals surface area (Å²) in [5, 5.41) is 15.9. The highest BCUT2D eigenvalue weighted by molar-refractivity contribution is 9.10. The van der Waals surface area contributed by atoms with E-state index in [-0.39, 0.29) is 5.91 Å². The quantitative estimate of drug-likeness (QED) is 0.686. The van der Waals surface area contributed by atoms with Crippen molar-refractivity contribution in [2.24, 2.45) is 0 Å². The summed E-state index contributed by atoms with van der Waals surface area (Å²) in [6, 6.07) is 15.1. The highest BCUT2D eigenvalue weighted by Crippen LogP contribution is 2.24. The van der Waals surface area contributed by atoms with Gasteiger partial charge in [0.1, 0.15) is 0 Å². The van der Waals surface area contributed by atoms with Crippen LogP contribution in [-0.4, -0.2) is 16.1 Å². The van der Waals surface area contributed by atoms with Crippen LogP contribution in [0.15, 0.2) is 58.4 Å². The topological polar surface area (TPSA) is 66.9 Å². The summed E-state index contributed by atoms with van der Waals surface area (Å²) in [5.41, 5.74) is 0.899. The Morgan fingerprint density at radius 1 is 1.04 bits per heavy atom. The number of rotatable bonds is 5. The molecule has 2 N–H and O–H groups in total. The summed E-state index contributed by atoms with van der Waals surface area (Å²) in [6.45, 7) is 0. The van der Waals surface area contributed by atoms with Crippen LogP contribution in [0.4, 0.5) is 17.3 Å². The average molecular weight is 389 g/mol. The van der Waals surface area contributed by atoms with E-state index in [2.05, 4.69) is 36.8 Å². The van der Waals surface area contributed by atoms with E-state index < -0.39 is 0 Å². The fourth-order valence-corrected chi connectivity index (χ4v) is 3.01. The number of nitrogens with zero attached hydrogens (tertiary/aromatic N) is 2. The second kappa shape index (κ2) is 7.34. The standard InChI is InChI=1S/C16H13BrN4OS/c17-12-5-1-2-6-13(12)18-14-7-8-15(21-20-14)19-16(22)10-11-4-3-9-23-11/h1-9H,10H2,(H,18,20)(H,19,21,22). The summed E-state index contributed by atoms with van der Waals surface area (Å²) >= 11 is 5.02. The van der Waals surface area contributed by atoms with Gasteiger partial charge in [0.25, 0.3) is 0 Å². The number of nitrogens with one attached hydrogen (secondary N) is 2. The maximum Gasteiger partial charge on any atom is 0.230 e. The molecule has 0 spiro atoms. The number of hydrogen-bond acceptors (Lipinski definition) is 5. The van der Waals surface area contributed by atoms with E-state index in [1.54, 1.807) is 23.5 Å². The van der Waals surface area contributed by atoms with Gasteiger partial charge in [0.2, 0.25) is 5.91 Å². The number of aromatic nitrogens is 2. The second-order valence-corrected chi connectivity index (χ2v) is 6.60. The van der Waals surface area contributed by atoms with Gasteiger partial charge in [-0.25, -0.2) is 0 Å². The van der Waals surface area contributed by atoms with Crippen molar-refractivity contribution in [3.05, 3.63) is 63.3 Å². The van der Waals surface area contributed by atoms with Crippen molar-refractivity contribution in [2.75, 3.05) is 10.6 Å². The van der Waals surface area contributed by atoms with Crippen molar-refractivity contribution in [2.45, 2.75) is 6.42 Å². The zero-order chi connectivity index (χ0) is 16.1. The second-order valence-electron chi connectivity index (χ2n) is 4.71. The third-order valence-corrected chi connectivity index (χ3v) is 4.55. The molecule has 1 amide bonds. The molecule has 23 heavy (non-hydrogen) atoms. The fourth-order valence-electron chi connectivity index (χ4n) is 1.92. The van der Waals surface area contributed by atoms with Crippen LogP contribution in [0.5, 0.6) is 0 Å². The lowest BCUT2D eigenvalue weighted by Gasteiger charge is -2.08. The van der Waals surface area contributed by atoms with E-state index in [0.29, 0.717) is 18.1 Å². The lowest BCUT2D eigenvalue weighted by atomic mass is 10.3. The summed E-state index contributed by atoms with van der Waals surface area (Å²) in [6.07, 6.45) is 0.344. The molecule has 5 nitrogen and oxygen atoms in total. The highest BCUT2D eigenvalue weighted by Gasteiger charge is 2.07. The number of para-hydroxylation sites is 1. The number of hydrogen-bond donors (Lipinski definition) is 2. The van der Waals surface area contributed by atoms with Crippen molar-refractivity contribution in [3.8, 4) is 0 Å². The van der Waals surface area contributed by atoms with E-state index in [1.165, 1.54) is 0 Å². The Hall–Kier alpha value is -2.25. The van der Waals surface area contributed by atoms with Crippen LogP contribution in [0.2, 0.25) is 0 Å². The summed E-state index contributed by atoms with van der Waals surface area (Å²) in [4.78, 5) is 12.9. The van der Waals surface area contributed by atoms with Gasteiger partial charge in [-0.05, 0) is 51.6 Å². The van der Waals surface area contributed by atoms with Crippen molar-refractivity contribution in [3.63, 3.8) is 0 Å². The van der Waals surface area contributed by atoms with Gasteiger partial charge in [0, 0.05) is 9.35 Å². The molecule has 0 atom stereocenters. The van der Waals surface area contributed by atoms with Gasteiger partial charge < -0.3 is 10.6 Å². The molecule has 3 rings (SSSR count). The lowest BCUT2D eigenvalue weighted by molar-refractivity contribution is -0.115. The van der Waals surface area contributed by atoms with Crippen LogP contribution in [-0.2, 0) is 11.2 Å². The van der Waals surface area contributed by atoms with Crippen LogP contribution in [0.1, 0.15) is 4.88 Å². The Labute approximate surface area is 145 Å². The molecule has 116 valence electrons. The molecule has 0 saturated carbocycles. The molecule has 0 aliphatic rings. The normalized spacial score (nSPS) is 10.3. The number of amides is 1. The Kier molecular flexibility index (Phi) is 4.99. The predicted octanol–water partition coefficient (Wildman–Crippen LogP) is 4.23. The number of benzene rings is 1. The number of carbonyl (C=O) groups excluding carboxylic acids is 1. The number of thiophene rings is 1. The summed E-state index contributed by atoms with van der Waals surface area (Å²) < 4.78 is 0.940. The molecule has 7 heteroatoms. The largest absolute Gasteiger partial charge is 0.338 e. The highest BCUT2D eigenvalue weighted by atomic mass is 79.9. The van der Waals surface area contributed by atoms with Gasteiger partial charge in [-0.1, -0.05) is 18.2 Å². The predicted molar refractivity (Wildman–Crippen MR) is 96.1 cm³/mol. The van der Waals surface area contributed by atoms with E-state index in [4.69, 9.17) is 0 Å². The third-order valence-electron chi connectivity index (χ3n) is 2.98. The monoisotopic (exact) mass is 388 g/mol. The number of anilines is 3. The molecule has 0 saturated heterocycles. The first-order chi connectivity index (χ1) is 11.2. The van der Waals surface area contributed by atoms with Gasteiger partial charge in [-0.3, -0.25) is 4.79 Å². The molecule has 0 fully saturated rings. The minimum Gasteiger partial charge on any atom is -0.338 e. The van der Waals surface area contributed by atoms with Crippen molar-refractivity contribution >= 4 is 50.5 Å². The van der Waals surface area contributed by atoms with Gasteiger partial charge in [0.15, 0.2) is 11.6 Å². The smallest absolute Gasteiger partial charge is 0.230 e. The van der Waals surface area contributed by atoms with Crippen molar-refractivity contribution < 1.29 is 4.79 Å². The van der Waals surface area contributed by atoms with Gasteiger partial charge in [-0.15, -0.1) is 21.5 Å². The van der Waals surface area contributed by atoms with Gasteiger partial charge in [0.05, 0.1) is 12.1 Å². The molecule has 0 aliphatic carbocycles. The van der Waals surface area contributed by atoms with Crippen molar-refractivity contribution in [1.29, 1.82) is 0 Å². The Morgan fingerprint density at radius 3 is 2.52 bits per heavy atom. The molecular formula is C16H13BrN4OS. The molecule has 3 aromatic rings. The Bertz CT molecular complexity index is 790. The molecule has 2 aromatic heterocycles. The first-order valence-corrected chi connectivity index (χ1v) is 8.55. The zero-order valence-corrected chi connectivity index (χ0v) is 14.4. The molecule has 2 heterocycles. The SMILES string of the molecule is O=C(Cc1cccs1)Nc1ccc(Nc2ccccc2Br)nn1. The van der Waals surface area contributed by atoms with E-state index >= 15 is 0 Å². The van der Waals surface area contributed by atoms with Gasteiger partial charge >= 0.3 is 0 Å². The van der Waals surface area contributed by atoms with Crippen LogP contribution in [0, 0.1) is 0 Å². The van der Waals surface area contributed by atoms with E-state index in [0.717, 1.165) is 15.0 Å². The third kappa shape index (κ3) is 4.37. The molecule has 0 aliphatic heterocycles. The Balaban J connectivity index is 1.61. The van der Waals surface area contributed by atoms with Crippen LogP contribution >= 0.6 is 27.3 Å². The summed E-state index contributed by atoms with van der Waals surface area (Å²) in [7, 11) is 0. The minimum absolute atomic E-state index is 0.103. The van der Waals surface area contributed by atoms with Crippen molar-refractivity contribution in [1.82, 2.24) is 10.2 Å². The number of carbonyl (C=O) groups is 1. The van der Waals surface area contributed by atoms with E-state index in [1.807, 2.05) is 41.8 Å². The van der Waals surface area contributed by atoms with Crippen LogP contribution in [0.3, 0.4) is 0 Å². The molecular weight excluding hydrogens is 376 g/mol. The minimum atomic E-state index is -0.103. The van der Waals surface area contributed by atoms with Gasteiger partial charge in [-0.2, -0.15) is 0 Å². The number of halogens is 1. The lowest BCUT2D eigenvalue weighted by Crippen LogP contribution is -2.15. The molecule has 0 unspecified atom stereocenters. The molecule has 1 aromatic carbocycles. The molecule has 0 radical (unpaired) electrons. The summed E-state index contributed by atoms with van der Waals surface area (Å²) in [5.74, 6) is 0.936. The van der Waals surface area contributed by atoms with E-state index in [9.17, 15) is 4.79 Å². The zero-order valence-electron chi connectivity index (χ0n) is 12.0. The average Bonchev–Trinajstić information content (AvgIpc) is 3.04. The maximum absolute atomic E-state index is 11.9. The van der Waals surface area contributed by atoms with Crippen LogP contribution in [0.25, 0.3) is 0 Å². The molecule has 0 bridgehead atoms. The first kappa shape index (κ1) is 15.6. The maximum atomic E-state index is 11.9. The van der Waals surface area contributed by atoms with Crippen LogP contribution < -0.4 is 10.6 Å². The Morgan fingerprint density at radius 2 is 1.83 bits per heavy atom.